The van der Waals surface area contributed by atoms with Crippen molar-refractivity contribution >= 4 is 0 Å². The van der Waals surface area contributed by atoms with Crippen molar-refractivity contribution in [2.45, 2.75) is 25.4 Å². The Morgan fingerprint density at radius 1 is 1.44 bits per heavy atom. The van der Waals surface area contributed by atoms with E-state index in [2.05, 4.69) is 4.90 Å². The van der Waals surface area contributed by atoms with Crippen LogP contribution >= 0.6 is 0 Å². The van der Waals surface area contributed by atoms with Crippen LogP contribution in [0.15, 0.2) is 18.2 Å². The molecule has 2 unspecified atom stereocenters. The quantitative estimate of drug-likeness (QED) is 0.836. The van der Waals surface area contributed by atoms with E-state index in [0.29, 0.717) is 5.56 Å². The van der Waals surface area contributed by atoms with E-state index in [-0.39, 0.29) is 17.9 Å². The first-order chi connectivity index (χ1) is 7.63. The summed E-state index contributed by atoms with van der Waals surface area (Å²) in [6, 6.07) is 3.25. The highest BCUT2D eigenvalue weighted by atomic mass is 19.1. The van der Waals surface area contributed by atoms with Gasteiger partial charge in [0.05, 0.1) is 6.04 Å². The second-order valence-electron chi connectivity index (χ2n) is 4.19. The molecular weight excluding hydrogens is 210 g/mol. The number of nitrogens with zero attached hydrogens (tertiary/aromatic N) is 1. The molecule has 1 aliphatic heterocycles. The molecule has 0 radical (unpaired) electrons. The molecule has 1 aromatic carbocycles. The summed E-state index contributed by atoms with van der Waals surface area (Å²) in [4.78, 5) is 2.09. The lowest BCUT2D eigenvalue weighted by atomic mass is 10.00. The lowest BCUT2D eigenvalue weighted by Crippen LogP contribution is -2.32. The summed E-state index contributed by atoms with van der Waals surface area (Å²) in [6.45, 7) is 3.65. The predicted octanol–water partition coefficient (Wildman–Crippen LogP) is 2.06. The highest BCUT2D eigenvalue weighted by Crippen LogP contribution is 2.32. The van der Waals surface area contributed by atoms with Gasteiger partial charge in [0.2, 0.25) is 0 Å². The number of likely N-dealkylation sites (tertiary alicyclic amines) is 1. The summed E-state index contributed by atoms with van der Waals surface area (Å²) < 4.78 is 26.8. The van der Waals surface area contributed by atoms with Crippen LogP contribution in [0.2, 0.25) is 0 Å². The first-order valence-corrected chi connectivity index (χ1v) is 5.58. The fraction of sp³-hybridized carbons (Fsp3) is 0.500. The van der Waals surface area contributed by atoms with Crippen LogP contribution in [-0.2, 0) is 0 Å². The van der Waals surface area contributed by atoms with Crippen LogP contribution in [0.4, 0.5) is 8.78 Å². The van der Waals surface area contributed by atoms with Crippen LogP contribution in [0.25, 0.3) is 0 Å². The van der Waals surface area contributed by atoms with Gasteiger partial charge in [-0.2, -0.15) is 0 Å². The third-order valence-electron chi connectivity index (χ3n) is 3.23. The fourth-order valence-electron chi connectivity index (χ4n) is 2.41. The SMILES string of the molecule is CCN1CCC(N)C1c1cc(F)ccc1F. The standard InChI is InChI=1S/C12H16F2N2/c1-2-16-6-5-11(15)12(16)9-7-8(13)3-4-10(9)14/h3-4,7,11-12H,2,5-6,15H2,1H3. The van der Waals surface area contributed by atoms with Gasteiger partial charge in [0.1, 0.15) is 11.6 Å². The molecule has 0 aliphatic carbocycles. The Morgan fingerprint density at radius 2 is 2.19 bits per heavy atom. The maximum absolute atomic E-state index is 13.7. The van der Waals surface area contributed by atoms with Crippen molar-refractivity contribution in [2.75, 3.05) is 13.1 Å². The Balaban J connectivity index is 2.37. The summed E-state index contributed by atoms with van der Waals surface area (Å²) in [5.74, 6) is -0.784. The molecule has 16 heavy (non-hydrogen) atoms. The summed E-state index contributed by atoms with van der Waals surface area (Å²) in [5.41, 5.74) is 6.35. The number of hydrogen-bond acceptors (Lipinski definition) is 2. The average molecular weight is 226 g/mol. The van der Waals surface area contributed by atoms with Gasteiger partial charge in [0.15, 0.2) is 0 Å². The molecule has 88 valence electrons. The van der Waals surface area contributed by atoms with Crippen LogP contribution < -0.4 is 5.73 Å². The van der Waals surface area contributed by atoms with E-state index in [1.54, 1.807) is 0 Å². The highest BCUT2D eigenvalue weighted by Gasteiger charge is 2.33. The predicted molar refractivity (Wildman–Crippen MR) is 58.9 cm³/mol. The van der Waals surface area contributed by atoms with Gasteiger partial charge >= 0.3 is 0 Å². The largest absolute Gasteiger partial charge is 0.326 e. The van der Waals surface area contributed by atoms with Gasteiger partial charge in [-0.1, -0.05) is 6.92 Å². The van der Waals surface area contributed by atoms with E-state index in [1.165, 1.54) is 12.1 Å². The molecule has 2 nitrogen and oxygen atoms in total. The van der Waals surface area contributed by atoms with Crippen molar-refractivity contribution in [1.82, 2.24) is 4.90 Å². The normalized spacial score (nSPS) is 26.2. The summed E-state index contributed by atoms with van der Waals surface area (Å²) in [5, 5.41) is 0. The number of halogens is 2. The molecule has 0 amide bonds. The van der Waals surface area contributed by atoms with Gasteiger partial charge < -0.3 is 5.73 Å². The lowest BCUT2D eigenvalue weighted by molar-refractivity contribution is 0.255. The van der Waals surface area contributed by atoms with Gasteiger partial charge in [0, 0.05) is 18.2 Å². The minimum absolute atomic E-state index is 0.115. The molecule has 2 atom stereocenters. The van der Waals surface area contributed by atoms with Gasteiger partial charge in [-0.25, -0.2) is 8.78 Å². The molecule has 0 saturated carbocycles. The van der Waals surface area contributed by atoms with Crippen molar-refractivity contribution in [3.8, 4) is 0 Å². The van der Waals surface area contributed by atoms with Crippen LogP contribution in [-0.4, -0.2) is 24.0 Å². The number of hydrogen-bond donors (Lipinski definition) is 1. The molecule has 2 N–H and O–H groups in total. The molecule has 0 aromatic heterocycles. The van der Waals surface area contributed by atoms with E-state index in [9.17, 15) is 8.78 Å². The smallest absolute Gasteiger partial charge is 0.128 e. The monoisotopic (exact) mass is 226 g/mol. The molecule has 0 bridgehead atoms. The maximum atomic E-state index is 13.7. The summed E-state index contributed by atoms with van der Waals surface area (Å²) >= 11 is 0. The van der Waals surface area contributed by atoms with Crippen LogP contribution in [0.3, 0.4) is 0 Å². The van der Waals surface area contributed by atoms with Crippen LogP contribution in [0.1, 0.15) is 24.9 Å². The zero-order valence-electron chi connectivity index (χ0n) is 9.29. The van der Waals surface area contributed by atoms with E-state index in [0.717, 1.165) is 25.6 Å². The highest BCUT2D eigenvalue weighted by molar-refractivity contribution is 5.25. The Labute approximate surface area is 94.0 Å². The molecule has 1 heterocycles. The van der Waals surface area contributed by atoms with Crippen molar-refractivity contribution in [1.29, 1.82) is 0 Å². The van der Waals surface area contributed by atoms with E-state index >= 15 is 0 Å². The third kappa shape index (κ3) is 1.95. The number of nitrogens with two attached hydrogens (primary N) is 1. The molecule has 1 saturated heterocycles. The molecule has 1 fully saturated rings. The Morgan fingerprint density at radius 3 is 2.88 bits per heavy atom. The first kappa shape index (κ1) is 11.5. The Bertz CT molecular complexity index is 381. The average Bonchev–Trinajstić information content (AvgIpc) is 2.63. The molecule has 1 aliphatic rings. The lowest BCUT2D eigenvalue weighted by Gasteiger charge is -2.26. The van der Waals surface area contributed by atoms with E-state index in [1.807, 2.05) is 6.92 Å². The second kappa shape index (κ2) is 4.47. The van der Waals surface area contributed by atoms with Gasteiger partial charge in [0.25, 0.3) is 0 Å². The molecule has 0 spiro atoms. The molecule has 1 aromatic rings. The maximum Gasteiger partial charge on any atom is 0.128 e. The van der Waals surface area contributed by atoms with Crippen molar-refractivity contribution in [3.63, 3.8) is 0 Å². The minimum atomic E-state index is -0.411. The summed E-state index contributed by atoms with van der Waals surface area (Å²) in [6.07, 6.45) is 0.828. The minimum Gasteiger partial charge on any atom is -0.326 e. The Hall–Kier alpha value is -1.00. The van der Waals surface area contributed by atoms with Crippen LogP contribution in [0, 0.1) is 11.6 Å². The first-order valence-electron chi connectivity index (χ1n) is 5.58. The second-order valence-corrected chi connectivity index (χ2v) is 4.19. The Kier molecular flexibility index (Phi) is 3.21. The van der Waals surface area contributed by atoms with Crippen molar-refractivity contribution in [3.05, 3.63) is 35.4 Å². The van der Waals surface area contributed by atoms with Crippen molar-refractivity contribution < 1.29 is 8.78 Å². The number of likely N-dealkylation sites (N-methyl/N-ethyl adjacent to an activating group) is 1. The van der Waals surface area contributed by atoms with Gasteiger partial charge in [-0.05, 0) is 31.2 Å². The molecule has 2 rings (SSSR count). The number of rotatable bonds is 2. The van der Waals surface area contributed by atoms with Crippen LogP contribution in [0.5, 0.6) is 0 Å². The molecular formula is C12H16F2N2. The van der Waals surface area contributed by atoms with E-state index in [4.69, 9.17) is 5.73 Å². The number of benzene rings is 1. The zero-order valence-corrected chi connectivity index (χ0v) is 9.29. The van der Waals surface area contributed by atoms with Crippen molar-refractivity contribution in [2.24, 2.45) is 5.73 Å². The fourth-order valence-corrected chi connectivity index (χ4v) is 2.41. The van der Waals surface area contributed by atoms with E-state index < -0.39 is 5.82 Å². The van der Waals surface area contributed by atoms with Gasteiger partial charge in [-0.15, -0.1) is 0 Å². The van der Waals surface area contributed by atoms with Gasteiger partial charge in [-0.3, -0.25) is 4.90 Å². The molecule has 4 heteroatoms. The third-order valence-corrected chi connectivity index (χ3v) is 3.23. The zero-order chi connectivity index (χ0) is 11.7. The summed E-state index contributed by atoms with van der Waals surface area (Å²) in [7, 11) is 0. The topological polar surface area (TPSA) is 29.3 Å².